The molecule has 0 aromatic heterocycles. The predicted molar refractivity (Wildman–Crippen MR) is 87.4 cm³/mol. The van der Waals surface area contributed by atoms with Crippen molar-refractivity contribution in [3.05, 3.63) is 64.1 Å². The molecule has 4 heteroatoms. The van der Waals surface area contributed by atoms with Crippen LogP contribution in [0.5, 0.6) is 0 Å². The first-order valence-corrected chi connectivity index (χ1v) is 6.94. The molecule has 0 fully saturated rings. The number of anilines is 2. The van der Waals surface area contributed by atoms with Crippen molar-refractivity contribution >= 4 is 39.3 Å². The average molecular weight is 331 g/mol. The molecule has 0 aliphatic rings. The van der Waals surface area contributed by atoms with E-state index in [4.69, 9.17) is 5.73 Å². The van der Waals surface area contributed by atoms with E-state index >= 15 is 0 Å². The minimum atomic E-state index is -0.176. The monoisotopic (exact) mass is 330 g/mol. The second-order valence-electron chi connectivity index (χ2n) is 4.51. The molecule has 2 rings (SSSR count). The van der Waals surface area contributed by atoms with Crippen molar-refractivity contribution in [2.75, 3.05) is 11.1 Å². The molecule has 0 saturated heterocycles. The molecule has 2 aromatic rings. The minimum absolute atomic E-state index is 0.176. The standard InChI is InChI=1S/C16H15BrN2O/c1-11-7-13(17)10-15(8-11)19-16(20)6-5-12-3-2-4-14(18)9-12/h2-10H,18H2,1H3,(H,19,20)/b6-5+. The van der Waals surface area contributed by atoms with E-state index in [1.807, 2.05) is 49.4 Å². The summed E-state index contributed by atoms with van der Waals surface area (Å²) in [4.78, 5) is 11.8. The zero-order valence-electron chi connectivity index (χ0n) is 11.1. The highest BCUT2D eigenvalue weighted by Gasteiger charge is 2.00. The summed E-state index contributed by atoms with van der Waals surface area (Å²) < 4.78 is 0.938. The first kappa shape index (κ1) is 14.3. The Morgan fingerprint density at radius 1 is 1.25 bits per heavy atom. The van der Waals surface area contributed by atoms with Crippen LogP contribution < -0.4 is 11.1 Å². The van der Waals surface area contributed by atoms with Gasteiger partial charge in [-0.1, -0.05) is 28.1 Å². The van der Waals surface area contributed by atoms with Gasteiger partial charge < -0.3 is 11.1 Å². The van der Waals surface area contributed by atoms with Crippen LogP contribution in [0.25, 0.3) is 6.08 Å². The number of aryl methyl sites for hydroxylation is 1. The van der Waals surface area contributed by atoms with Crippen molar-refractivity contribution in [2.24, 2.45) is 0 Å². The Hall–Kier alpha value is -2.07. The summed E-state index contributed by atoms with van der Waals surface area (Å²) in [6, 6.07) is 13.1. The Labute approximate surface area is 126 Å². The fourth-order valence-electron chi connectivity index (χ4n) is 1.83. The number of halogens is 1. The van der Waals surface area contributed by atoms with Crippen LogP contribution in [0.3, 0.4) is 0 Å². The fraction of sp³-hybridized carbons (Fsp3) is 0.0625. The smallest absolute Gasteiger partial charge is 0.248 e. The molecule has 0 aliphatic heterocycles. The summed E-state index contributed by atoms with van der Waals surface area (Å²) in [5, 5.41) is 2.82. The van der Waals surface area contributed by atoms with Crippen LogP contribution in [0.4, 0.5) is 11.4 Å². The highest BCUT2D eigenvalue weighted by Crippen LogP contribution is 2.19. The number of nitrogens with one attached hydrogen (secondary N) is 1. The van der Waals surface area contributed by atoms with E-state index in [2.05, 4.69) is 21.2 Å². The quantitative estimate of drug-likeness (QED) is 0.660. The highest BCUT2D eigenvalue weighted by atomic mass is 79.9. The van der Waals surface area contributed by atoms with Gasteiger partial charge in [0.25, 0.3) is 0 Å². The lowest BCUT2D eigenvalue weighted by Gasteiger charge is -2.04. The summed E-state index contributed by atoms with van der Waals surface area (Å²) >= 11 is 3.40. The van der Waals surface area contributed by atoms with Gasteiger partial charge in [-0.15, -0.1) is 0 Å². The minimum Gasteiger partial charge on any atom is -0.399 e. The lowest BCUT2D eigenvalue weighted by atomic mass is 10.2. The summed E-state index contributed by atoms with van der Waals surface area (Å²) in [6.45, 7) is 1.98. The van der Waals surface area contributed by atoms with Gasteiger partial charge >= 0.3 is 0 Å². The Balaban J connectivity index is 2.05. The van der Waals surface area contributed by atoms with Gasteiger partial charge in [-0.2, -0.15) is 0 Å². The topological polar surface area (TPSA) is 55.1 Å². The molecule has 102 valence electrons. The number of carbonyl (C=O) groups excluding carboxylic acids is 1. The SMILES string of the molecule is Cc1cc(Br)cc(NC(=O)/C=C/c2cccc(N)c2)c1. The lowest BCUT2D eigenvalue weighted by molar-refractivity contribution is -0.111. The average Bonchev–Trinajstić information content (AvgIpc) is 2.35. The summed E-state index contributed by atoms with van der Waals surface area (Å²) in [5.41, 5.74) is 9.09. The van der Waals surface area contributed by atoms with Crippen molar-refractivity contribution in [1.29, 1.82) is 0 Å². The molecule has 0 bridgehead atoms. The number of amides is 1. The number of nitrogens with two attached hydrogens (primary N) is 1. The number of hydrogen-bond acceptors (Lipinski definition) is 2. The van der Waals surface area contributed by atoms with Crippen molar-refractivity contribution in [3.8, 4) is 0 Å². The predicted octanol–water partition coefficient (Wildman–Crippen LogP) is 3.99. The zero-order valence-corrected chi connectivity index (χ0v) is 12.6. The molecule has 3 N–H and O–H groups in total. The normalized spacial score (nSPS) is 10.7. The number of carbonyl (C=O) groups is 1. The molecule has 3 nitrogen and oxygen atoms in total. The Morgan fingerprint density at radius 3 is 2.75 bits per heavy atom. The van der Waals surface area contributed by atoms with Crippen molar-refractivity contribution in [1.82, 2.24) is 0 Å². The largest absolute Gasteiger partial charge is 0.399 e. The van der Waals surface area contributed by atoms with Gasteiger partial charge in [0, 0.05) is 21.9 Å². The molecule has 1 amide bonds. The van der Waals surface area contributed by atoms with E-state index in [-0.39, 0.29) is 5.91 Å². The number of rotatable bonds is 3. The maximum absolute atomic E-state index is 11.8. The second-order valence-corrected chi connectivity index (χ2v) is 5.43. The molecular weight excluding hydrogens is 316 g/mol. The van der Waals surface area contributed by atoms with Crippen LogP contribution in [-0.2, 0) is 4.79 Å². The molecule has 0 atom stereocenters. The van der Waals surface area contributed by atoms with Gasteiger partial charge in [-0.25, -0.2) is 0 Å². The molecule has 0 heterocycles. The van der Waals surface area contributed by atoms with Gasteiger partial charge in [-0.05, 0) is 54.5 Å². The molecule has 0 saturated carbocycles. The molecule has 20 heavy (non-hydrogen) atoms. The van der Waals surface area contributed by atoms with Gasteiger partial charge in [-0.3, -0.25) is 4.79 Å². The Morgan fingerprint density at radius 2 is 2.05 bits per heavy atom. The fourth-order valence-corrected chi connectivity index (χ4v) is 2.43. The van der Waals surface area contributed by atoms with E-state index in [1.54, 1.807) is 6.08 Å². The van der Waals surface area contributed by atoms with E-state index in [1.165, 1.54) is 6.08 Å². The molecule has 2 aromatic carbocycles. The summed E-state index contributed by atoms with van der Waals surface area (Å²) in [5.74, 6) is -0.176. The van der Waals surface area contributed by atoms with E-state index in [0.717, 1.165) is 21.3 Å². The van der Waals surface area contributed by atoms with E-state index < -0.39 is 0 Å². The second kappa shape index (κ2) is 6.39. The van der Waals surface area contributed by atoms with Crippen LogP contribution in [-0.4, -0.2) is 5.91 Å². The number of nitrogen functional groups attached to an aromatic ring is 1. The van der Waals surface area contributed by atoms with Crippen LogP contribution in [0.2, 0.25) is 0 Å². The maximum Gasteiger partial charge on any atom is 0.248 e. The molecular formula is C16H15BrN2O. The molecule has 0 unspecified atom stereocenters. The number of hydrogen-bond donors (Lipinski definition) is 2. The molecule has 0 spiro atoms. The third kappa shape index (κ3) is 4.24. The lowest BCUT2D eigenvalue weighted by Crippen LogP contribution is -2.07. The Kier molecular flexibility index (Phi) is 4.58. The van der Waals surface area contributed by atoms with Gasteiger partial charge in [0.15, 0.2) is 0 Å². The van der Waals surface area contributed by atoms with Gasteiger partial charge in [0.2, 0.25) is 5.91 Å². The number of benzene rings is 2. The first-order valence-electron chi connectivity index (χ1n) is 6.15. The third-order valence-corrected chi connectivity index (χ3v) is 3.11. The van der Waals surface area contributed by atoms with Gasteiger partial charge in [0.1, 0.15) is 0 Å². The van der Waals surface area contributed by atoms with E-state index in [0.29, 0.717) is 5.69 Å². The van der Waals surface area contributed by atoms with Crippen molar-refractivity contribution in [3.63, 3.8) is 0 Å². The maximum atomic E-state index is 11.8. The first-order chi connectivity index (χ1) is 9.52. The summed E-state index contributed by atoms with van der Waals surface area (Å²) in [6.07, 6.45) is 3.22. The Bertz CT molecular complexity index is 645. The van der Waals surface area contributed by atoms with Gasteiger partial charge in [0.05, 0.1) is 0 Å². The van der Waals surface area contributed by atoms with Crippen LogP contribution in [0.15, 0.2) is 53.0 Å². The molecule has 0 aliphatic carbocycles. The third-order valence-electron chi connectivity index (χ3n) is 2.65. The van der Waals surface area contributed by atoms with E-state index in [9.17, 15) is 4.79 Å². The van der Waals surface area contributed by atoms with Crippen molar-refractivity contribution in [2.45, 2.75) is 6.92 Å². The van der Waals surface area contributed by atoms with Crippen molar-refractivity contribution < 1.29 is 4.79 Å². The van der Waals surface area contributed by atoms with Crippen LogP contribution >= 0.6 is 15.9 Å². The van der Waals surface area contributed by atoms with Crippen LogP contribution in [0.1, 0.15) is 11.1 Å². The highest BCUT2D eigenvalue weighted by molar-refractivity contribution is 9.10. The zero-order chi connectivity index (χ0) is 14.5. The molecule has 0 radical (unpaired) electrons. The summed E-state index contributed by atoms with van der Waals surface area (Å²) in [7, 11) is 0. The van der Waals surface area contributed by atoms with Crippen LogP contribution in [0, 0.1) is 6.92 Å².